The molecule has 194 valence electrons. The van der Waals surface area contributed by atoms with Crippen LogP contribution in [0.4, 0.5) is 0 Å². The number of allylic oxidation sites excluding steroid dienone is 1. The third-order valence-electron chi connectivity index (χ3n) is 5.49. The molecular weight excluding hydrogens is 516 g/mol. The summed E-state index contributed by atoms with van der Waals surface area (Å²) < 4.78 is 23.4. The van der Waals surface area contributed by atoms with E-state index in [1.165, 1.54) is 34.4 Å². The van der Waals surface area contributed by atoms with Crippen molar-refractivity contribution in [2.45, 2.75) is 26.8 Å². The highest BCUT2D eigenvalue weighted by atomic mass is 32.1. The minimum Gasteiger partial charge on any atom is -0.490 e. The number of thiophene rings is 1. The fraction of sp³-hybridized carbons (Fsp3) is 0.308. The van der Waals surface area contributed by atoms with Crippen LogP contribution in [0.25, 0.3) is 6.08 Å². The molecule has 0 amide bonds. The Morgan fingerprint density at radius 3 is 2.62 bits per heavy atom. The van der Waals surface area contributed by atoms with E-state index in [4.69, 9.17) is 14.2 Å². The van der Waals surface area contributed by atoms with Gasteiger partial charge in [-0.1, -0.05) is 23.5 Å². The van der Waals surface area contributed by atoms with Gasteiger partial charge in [-0.2, -0.15) is 0 Å². The van der Waals surface area contributed by atoms with Crippen LogP contribution in [0.5, 0.6) is 11.5 Å². The number of aromatic nitrogens is 1. The van der Waals surface area contributed by atoms with Crippen molar-refractivity contribution in [2.75, 3.05) is 26.9 Å². The summed E-state index contributed by atoms with van der Waals surface area (Å²) in [6, 6.07) is 8.12. The normalized spacial score (nSPS) is 15.1. The number of benzene rings is 1. The van der Waals surface area contributed by atoms with E-state index in [1.54, 1.807) is 32.0 Å². The van der Waals surface area contributed by atoms with Crippen molar-refractivity contribution in [1.82, 2.24) is 4.57 Å². The number of hydrogen-bond donors (Lipinski definition) is 0. The molecule has 2 aromatic heterocycles. The monoisotopic (exact) mass is 542 g/mol. The zero-order valence-corrected chi connectivity index (χ0v) is 22.4. The highest BCUT2D eigenvalue weighted by Crippen LogP contribution is 2.36. The van der Waals surface area contributed by atoms with Crippen LogP contribution in [0.1, 0.15) is 37.3 Å². The first-order chi connectivity index (χ1) is 17.9. The lowest BCUT2D eigenvalue weighted by molar-refractivity contribution is -0.143. The topological polar surface area (TPSA) is 105 Å². The molecule has 0 N–H and O–H groups in total. The Labute approximate surface area is 220 Å². The molecule has 1 atom stereocenters. The van der Waals surface area contributed by atoms with Gasteiger partial charge in [-0.15, -0.1) is 11.3 Å². The van der Waals surface area contributed by atoms with E-state index in [0.29, 0.717) is 38.7 Å². The van der Waals surface area contributed by atoms with E-state index in [0.717, 1.165) is 4.88 Å². The van der Waals surface area contributed by atoms with Gasteiger partial charge in [0.15, 0.2) is 22.9 Å². The van der Waals surface area contributed by atoms with E-state index in [1.807, 2.05) is 30.5 Å². The summed E-state index contributed by atoms with van der Waals surface area (Å²) in [5.74, 6) is -0.389. The van der Waals surface area contributed by atoms with Crippen LogP contribution in [-0.4, -0.2) is 43.4 Å². The molecule has 0 radical (unpaired) electrons. The maximum Gasteiger partial charge on any atom is 0.343 e. The predicted octanol–water partition coefficient (Wildman–Crippen LogP) is 2.81. The van der Waals surface area contributed by atoms with E-state index in [2.05, 4.69) is 9.73 Å². The Morgan fingerprint density at radius 2 is 1.95 bits per heavy atom. The number of nitrogens with zero attached hydrogens (tertiary/aromatic N) is 2. The molecule has 4 rings (SSSR count). The van der Waals surface area contributed by atoms with Crippen LogP contribution in [0.2, 0.25) is 0 Å². The summed E-state index contributed by atoms with van der Waals surface area (Å²) in [5, 5.41) is 1.94. The van der Waals surface area contributed by atoms with Crippen molar-refractivity contribution < 1.29 is 28.5 Å². The van der Waals surface area contributed by atoms with Crippen LogP contribution in [0, 0.1) is 0 Å². The van der Waals surface area contributed by atoms with Gasteiger partial charge in [0.25, 0.3) is 5.56 Å². The summed E-state index contributed by atoms with van der Waals surface area (Å²) in [5.41, 5.74) is 1.08. The van der Waals surface area contributed by atoms with Crippen molar-refractivity contribution in [3.05, 3.63) is 77.1 Å². The standard InChI is InChI=1S/C26H26N2O7S2/c1-5-33-19-12-16(9-10-18(19)35-14-21(29)32-4)23-22(25(31)34-6-2)15(3)27-26-28(23)24(30)20(37-26)13-17-8-7-11-36-17/h7-13,23H,5-6,14H2,1-4H3/b20-13-/t23-/m0/s1. The second-order valence-corrected chi connectivity index (χ2v) is 9.81. The molecule has 3 heterocycles. The fourth-order valence-corrected chi connectivity index (χ4v) is 5.66. The zero-order chi connectivity index (χ0) is 26.5. The smallest absolute Gasteiger partial charge is 0.343 e. The summed E-state index contributed by atoms with van der Waals surface area (Å²) >= 11 is 2.79. The Hall–Kier alpha value is -3.70. The fourth-order valence-electron chi connectivity index (χ4n) is 3.89. The van der Waals surface area contributed by atoms with Gasteiger partial charge in [0.1, 0.15) is 0 Å². The maximum absolute atomic E-state index is 13.6. The predicted molar refractivity (Wildman–Crippen MR) is 140 cm³/mol. The number of fused-ring (bicyclic) bond motifs is 1. The van der Waals surface area contributed by atoms with Crippen molar-refractivity contribution in [2.24, 2.45) is 4.99 Å². The number of rotatable bonds is 9. The molecule has 3 aromatic rings. The van der Waals surface area contributed by atoms with Gasteiger partial charge < -0.3 is 18.9 Å². The van der Waals surface area contributed by atoms with Crippen molar-refractivity contribution >= 4 is 40.7 Å². The van der Waals surface area contributed by atoms with Gasteiger partial charge in [-0.3, -0.25) is 9.36 Å². The Balaban J connectivity index is 1.89. The SMILES string of the molecule is CCOC(=O)C1=C(C)N=c2s/c(=C\c3cccs3)c(=O)n2[C@H]1c1ccc(OCC(=O)OC)c(OCC)c1. The molecule has 0 aliphatic carbocycles. The summed E-state index contributed by atoms with van der Waals surface area (Å²) in [6.07, 6.45) is 1.82. The average Bonchev–Trinajstić information content (AvgIpc) is 3.50. The molecule has 37 heavy (non-hydrogen) atoms. The zero-order valence-electron chi connectivity index (χ0n) is 20.8. The molecule has 9 nitrogen and oxygen atoms in total. The van der Waals surface area contributed by atoms with Gasteiger partial charge in [-0.05, 0) is 56.0 Å². The number of carbonyl (C=O) groups is 2. The highest BCUT2D eigenvalue weighted by molar-refractivity contribution is 7.11. The second-order valence-electron chi connectivity index (χ2n) is 7.82. The first-order valence-corrected chi connectivity index (χ1v) is 13.3. The minimum atomic E-state index is -0.797. The summed E-state index contributed by atoms with van der Waals surface area (Å²) in [6.45, 7) is 5.49. The Morgan fingerprint density at radius 1 is 1.14 bits per heavy atom. The molecule has 1 aromatic carbocycles. The van der Waals surface area contributed by atoms with E-state index in [-0.39, 0.29) is 24.3 Å². The van der Waals surface area contributed by atoms with E-state index < -0.39 is 18.0 Å². The average molecular weight is 543 g/mol. The number of esters is 2. The lowest BCUT2D eigenvalue weighted by Crippen LogP contribution is -2.39. The molecule has 0 saturated carbocycles. The van der Waals surface area contributed by atoms with Crippen LogP contribution in [-0.2, 0) is 19.1 Å². The first-order valence-electron chi connectivity index (χ1n) is 11.6. The van der Waals surface area contributed by atoms with E-state index in [9.17, 15) is 14.4 Å². The molecule has 1 aliphatic rings. The largest absolute Gasteiger partial charge is 0.490 e. The van der Waals surface area contributed by atoms with Crippen LogP contribution >= 0.6 is 22.7 Å². The lowest BCUT2D eigenvalue weighted by Gasteiger charge is -2.25. The van der Waals surface area contributed by atoms with Gasteiger partial charge >= 0.3 is 11.9 Å². The lowest BCUT2D eigenvalue weighted by atomic mass is 9.95. The second kappa shape index (κ2) is 11.6. The summed E-state index contributed by atoms with van der Waals surface area (Å²) in [4.78, 5) is 44.3. The molecule has 0 saturated heterocycles. The van der Waals surface area contributed by atoms with Gasteiger partial charge in [0, 0.05) is 4.88 Å². The van der Waals surface area contributed by atoms with Crippen molar-refractivity contribution in [1.29, 1.82) is 0 Å². The molecule has 0 spiro atoms. The molecular formula is C26H26N2O7S2. The van der Waals surface area contributed by atoms with Gasteiger partial charge in [0.05, 0.1) is 42.2 Å². The Kier molecular flexibility index (Phi) is 8.24. The highest BCUT2D eigenvalue weighted by Gasteiger charge is 2.34. The third kappa shape index (κ3) is 5.52. The number of carbonyl (C=O) groups excluding carboxylic acids is 2. The summed E-state index contributed by atoms with van der Waals surface area (Å²) in [7, 11) is 1.28. The van der Waals surface area contributed by atoms with E-state index >= 15 is 0 Å². The third-order valence-corrected chi connectivity index (χ3v) is 7.29. The molecule has 11 heteroatoms. The van der Waals surface area contributed by atoms with Gasteiger partial charge in [-0.25, -0.2) is 14.6 Å². The maximum atomic E-state index is 13.6. The van der Waals surface area contributed by atoms with Gasteiger partial charge in [0.2, 0.25) is 0 Å². The van der Waals surface area contributed by atoms with Crippen LogP contribution in [0.3, 0.4) is 0 Å². The quantitative estimate of drug-likeness (QED) is 0.383. The van der Waals surface area contributed by atoms with Crippen molar-refractivity contribution in [3.63, 3.8) is 0 Å². The molecule has 0 bridgehead atoms. The number of hydrogen-bond acceptors (Lipinski definition) is 10. The number of methoxy groups -OCH3 is 1. The minimum absolute atomic E-state index is 0.176. The first kappa shape index (κ1) is 26.4. The van der Waals surface area contributed by atoms with Crippen LogP contribution in [0.15, 0.2) is 56.8 Å². The Bertz CT molecular complexity index is 1520. The van der Waals surface area contributed by atoms with Crippen molar-refractivity contribution in [3.8, 4) is 11.5 Å². The van der Waals surface area contributed by atoms with Crippen LogP contribution < -0.4 is 24.4 Å². The molecule has 0 unspecified atom stereocenters. The number of thiazole rings is 1. The molecule has 1 aliphatic heterocycles. The molecule has 0 fully saturated rings. The number of ether oxygens (including phenoxy) is 4.